The fourth-order valence-corrected chi connectivity index (χ4v) is 4.10. The van der Waals surface area contributed by atoms with Gasteiger partial charge in [-0.25, -0.2) is 4.98 Å². The molecule has 0 fully saturated rings. The fourth-order valence-electron chi connectivity index (χ4n) is 2.85. The predicted octanol–water partition coefficient (Wildman–Crippen LogP) is 4.58. The first-order valence-corrected chi connectivity index (χ1v) is 9.70. The molecular formula is C19H14ClN3O5S. The highest BCUT2D eigenvalue weighted by molar-refractivity contribution is 7.15. The topological polar surface area (TPSA) is 104 Å². The number of non-ortho nitro benzene ring substituents is 1. The van der Waals surface area contributed by atoms with Crippen LogP contribution in [-0.2, 0) is 6.42 Å². The Morgan fingerprint density at radius 1 is 1.28 bits per heavy atom. The number of nitrogens with one attached hydrogen (secondary N) is 1. The standard InChI is InChI=1S/C19H14ClN3O5S/c1-10-17(7-11-2-5-15-16(6-11)28-9-27-15)29-19(21-10)22-18(24)13-4-3-12(23(25)26)8-14(13)20/h2-6,8H,7,9H2,1H3,(H,21,22,24). The van der Waals surface area contributed by atoms with Crippen LogP contribution < -0.4 is 14.8 Å². The zero-order valence-corrected chi connectivity index (χ0v) is 16.7. The van der Waals surface area contributed by atoms with Gasteiger partial charge in [-0.2, -0.15) is 0 Å². The molecule has 1 amide bonds. The maximum Gasteiger partial charge on any atom is 0.270 e. The van der Waals surface area contributed by atoms with E-state index in [4.69, 9.17) is 21.1 Å². The third kappa shape index (κ3) is 4.01. The average molecular weight is 432 g/mol. The zero-order chi connectivity index (χ0) is 20.5. The number of nitro groups is 1. The van der Waals surface area contributed by atoms with Gasteiger partial charge in [0.05, 0.1) is 21.2 Å². The van der Waals surface area contributed by atoms with E-state index in [1.165, 1.54) is 23.5 Å². The molecule has 148 valence electrons. The third-order valence-electron chi connectivity index (χ3n) is 4.32. The van der Waals surface area contributed by atoms with Gasteiger partial charge in [-0.1, -0.05) is 17.7 Å². The van der Waals surface area contributed by atoms with E-state index < -0.39 is 10.8 Å². The van der Waals surface area contributed by atoms with Crippen molar-refractivity contribution >= 4 is 39.7 Å². The van der Waals surface area contributed by atoms with Gasteiger partial charge < -0.3 is 9.47 Å². The van der Waals surface area contributed by atoms with Gasteiger partial charge in [0.25, 0.3) is 11.6 Å². The zero-order valence-electron chi connectivity index (χ0n) is 15.1. The largest absolute Gasteiger partial charge is 0.454 e. The second-order valence-corrected chi connectivity index (χ2v) is 7.76. The SMILES string of the molecule is Cc1nc(NC(=O)c2ccc([N+](=O)[O-])cc2Cl)sc1Cc1ccc2c(c1)OCO2. The van der Waals surface area contributed by atoms with Crippen molar-refractivity contribution in [3.8, 4) is 11.5 Å². The molecule has 0 spiro atoms. The maximum atomic E-state index is 12.5. The number of nitrogens with zero attached hydrogens (tertiary/aromatic N) is 2. The van der Waals surface area contributed by atoms with Gasteiger partial charge in [0.15, 0.2) is 16.6 Å². The number of thiazole rings is 1. The first kappa shape index (κ1) is 19.2. The first-order chi connectivity index (χ1) is 13.9. The summed E-state index contributed by atoms with van der Waals surface area (Å²) in [6.45, 7) is 2.09. The predicted molar refractivity (Wildman–Crippen MR) is 108 cm³/mol. The van der Waals surface area contributed by atoms with Crippen LogP contribution >= 0.6 is 22.9 Å². The molecule has 4 rings (SSSR count). The lowest BCUT2D eigenvalue weighted by atomic mass is 10.1. The molecule has 29 heavy (non-hydrogen) atoms. The number of nitro benzene ring substituents is 1. The lowest BCUT2D eigenvalue weighted by molar-refractivity contribution is -0.384. The van der Waals surface area contributed by atoms with Crippen LogP contribution in [0.25, 0.3) is 0 Å². The number of amides is 1. The Labute approximate surface area is 174 Å². The van der Waals surface area contributed by atoms with Gasteiger partial charge >= 0.3 is 0 Å². The van der Waals surface area contributed by atoms with Crippen molar-refractivity contribution in [3.05, 3.63) is 73.2 Å². The number of anilines is 1. The van der Waals surface area contributed by atoms with Crippen LogP contribution in [0.2, 0.25) is 5.02 Å². The van der Waals surface area contributed by atoms with Crippen molar-refractivity contribution in [1.29, 1.82) is 0 Å². The molecule has 0 saturated heterocycles. The summed E-state index contributed by atoms with van der Waals surface area (Å²) in [4.78, 5) is 28.1. The van der Waals surface area contributed by atoms with Crippen molar-refractivity contribution in [2.45, 2.75) is 13.3 Å². The molecule has 1 aliphatic rings. The number of hydrogen-bond acceptors (Lipinski definition) is 7. The summed E-state index contributed by atoms with van der Waals surface area (Å²) in [5.41, 5.74) is 1.81. The number of hydrogen-bond donors (Lipinski definition) is 1. The van der Waals surface area contributed by atoms with E-state index in [0.717, 1.165) is 28.0 Å². The van der Waals surface area contributed by atoms with Crippen molar-refractivity contribution in [2.75, 3.05) is 12.1 Å². The smallest absolute Gasteiger partial charge is 0.270 e. The molecule has 2 heterocycles. The summed E-state index contributed by atoms with van der Waals surface area (Å²) in [7, 11) is 0. The Morgan fingerprint density at radius 2 is 2.07 bits per heavy atom. The van der Waals surface area contributed by atoms with Crippen molar-refractivity contribution < 1.29 is 19.2 Å². The number of ether oxygens (including phenoxy) is 2. The van der Waals surface area contributed by atoms with Crippen LogP contribution in [0.3, 0.4) is 0 Å². The average Bonchev–Trinajstić information content (AvgIpc) is 3.27. The molecule has 8 nitrogen and oxygen atoms in total. The summed E-state index contributed by atoms with van der Waals surface area (Å²) in [6, 6.07) is 9.46. The molecule has 10 heteroatoms. The second kappa shape index (κ2) is 7.69. The molecule has 1 N–H and O–H groups in total. The lowest BCUT2D eigenvalue weighted by Crippen LogP contribution is -2.12. The molecular weight excluding hydrogens is 418 g/mol. The Kier molecular flexibility index (Phi) is 5.08. The summed E-state index contributed by atoms with van der Waals surface area (Å²) in [5.74, 6) is 0.960. The van der Waals surface area contributed by atoms with E-state index in [1.54, 1.807) is 0 Å². The van der Waals surface area contributed by atoms with Crippen LogP contribution in [0.5, 0.6) is 11.5 Å². The Balaban J connectivity index is 1.49. The van der Waals surface area contributed by atoms with Gasteiger partial charge in [-0.05, 0) is 30.7 Å². The molecule has 0 atom stereocenters. The van der Waals surface area contributed by atoms with E-state index in [2.05, 4.69) is 10.3 Å². The number of rotatable bonds is 5. The number of benzene rings is 2. The second-order valence-electron chi connectivity index (χ2n) is 6.27. The van der Waals surface area contributed by atoms with E-state index in [0.29, 0.717) is 17.3 Å². The minimum atomic E-state index is -0.569. The van der Waals surface area contributed by atoms with Crippen molar-refractivity contribution in [3.63, 3.8) is 0 Å². The summed E-state index contributed by atoms with van der Waals surface area (Å²) < 4.78 is 10.7. The number of carbonyl (C=O) groups is 1. The molecule has 0 saturated carbocycles. The van der Waals surface area contributed by atoms with Crippen LogP contribution in [-0.4, -0.2) is 22.6 Å². The number of halogens is 1. The van der Waals surface area contributed by atoms with Gasteiger partial charge in [-0.15, -0.1) is 11.3 Å². The number of aromatic nitrogens is 1. The van der Waals surface area contributed by atoms with Crippen molar-refractivity contribution in [2.24, 2.45) is 0 Å². The van der Waals surface area contributed by atoms with Crippen LogP contribution in [0, 0.1) is 17.0 Å². The fraction of sp³-hybridized carbons (Fsp3) is 0.158. The molecule has 1 aromatic heterocycles. The van der Waals surface area contributed by atoms with Gasteiger partial charge in [0.2, 0.25) is 6.79 Å². The number of carbonyl (C=O) groups excluding carboxylic acids is 1. The molecule has 0 aliphatic carbocycles. The van der Waals surface area contributed by atoms with Crippen LogP contribution in [0.4, 0.5) is 10.8 Å². The van der Waals surface area contributed by atoms with Gasteiger partial charge in [-0.3, -0.25) is 20.2 Å². The molecule has 1 aliphatic heterocycles. The number of fused-ring (bicyclic) bond motifs is 1. The van der Waals surface area contributed by atoms with E-state index in [9.17, 15) is 14.9 Å². The Bertz CT molecular complexity index is 1130. The normalized spacial score (nSPS) is 12.1. The van der Waals surface area contributed by atoms with Crippen molar-refractivity contribution in [1.82, 2.24) is 4.98 Å². The Morgan fingerprint density at radius 3 is 2.83 bits per heavy atom. The van der Waals surface area contributed by atoms with E-state index >= 15 is 0 Å². The minimum absolute atomic E-state index is 0.00515. The van der Waals surface area contributed by atoms with Gasteiger partial charge in [0, 0.05) is 23.4 Å². The minimum Gasteiger partial charge on any atom is -0.454 e. The quantitative estimate of drug-likeness (QED) is 0.468. The summed E-state index contributed by atoms with van der Waals surface area (Å²) >= 11 is 7.38. The highest BCUT2D eigenvalue weighted by Crippen LogP contribution is 2.34. The highest BCUT2D eigenvalue weighted by Gasteiger charge is 2.18. The summed E-state index contributed by atoms with van der Waals surface area (Å²) in [6.07, 6.45) is 0.633. The monoisotopic (exact) mass is 431 g/mol. The van der Waals surface area contributed by atoms with Gasteiger partial charge in [0.1, 0.15) is 0 Å². The van der Waals surface area contributed by atoms with E-state index in [-0.39, 0.29) is 23.1 Å². The summed E-state index contributed by atoms with van der Waals surface area (Å²) in [5, 5.41) is 13.9. The van der Waals surface area contributed by atoms with Crippen LogP contribution in [0.15, 0.2) is 36.4 Å². The highest BCUT2D eigenvalue weighted by atomic mass is 35.5. The van der Waals surface area contributed by atoms with Crippen LogP contribution in [0.1, 0.15) is 26.5 Å². The molecule has 2 aromatic carbocycles. The first-order valence-electron chi connectivity index (χ1n) is 8.51. The maximum absolute atomic E-state index is 12.5. The molecule has 0 bridgehead atoms. The molecule has 0 unspecified atom stereocenters. The third-order valence-corrected chi connectivity index (χ3v) is 5.71. The van der Waals surface area contributed by atoms with E-state index in [1.807, 2.05) is 25.1 Å². The Hall–Kier alpha value is -3.17. The molecule has 0 radical (unpaired) electrons. The number of aryl methyl sites for hydroxylation is 1. The lowest BCUT2D eigenvalue weighted by Gasteiger charge is -2.04. The molecule has 3 aromatic rings.